The molecule has 1 aliphatic heterocycles. The summed E-state index contributed by atoms with van der Waals surface area (Å²) in [7, 11) is 3.18. The highest BCUT2D eigenvalue weighted by atomic mass is 16.5. The van der Waals surface area contributed by atoms with Gasteiger partial charge in [-0.05, 0) is 42.5 Å². The third kappa shape index (κ3) is 6.62. The smallest absolute Gasteiger partial charge is 0.244 e. The maximum Gasteiger partial charge on any atom is 0.244 e. The Morgan fingerprint density at radius 2 is 1.74 bits per heavy atom. The minimum absolute atomic E-state index is 0.102. The Bertz CT molecular complexity index is 655. The molecule has 0 saturated carbocycles. The molecule has 1 aromatic carbocycles. The second kappa shape index (κ2) is 10.00. The molecule has 1 saturated heterocycles. The second-order valence-corrected chi connectivity index (χ2v) is 7.24. The SMILES string of the molecule is COc1cc(/C=C/C(=O)NC2CCN(C(=O)CC(C)C)CC2)cc(OC)c1. The van der Waals surface area contributed by atoms with Gasteiger partial charge in [-0.25, -0.2) is 0 Å². The summed E-state index contributed by atoms with van der Waals surface area (Å²) in [5, 5.41) is 3.02. The van der Waals surface area contributed by atoms with Gasteiger partial charge in [-0.15, -0.1) is 0 Å². The Kier molecular flexibility index (Phi) is 7.70. The third-order valence-corrected chi connectivity index (χ3v) is 4.58. The lowest BCUT2D eigenvalue weighted by Crippen LogP contribution is -2.46. The van der Waals surface area contributed by atoms with Crippen LogP contribution in [0.15, 0.2) is 24.3 Å². The highest BCUT2D eigenvalue weighted by Gasteiger charge is 2.23. The Labute approximate surface area is 161 Å². The summed E-state index contributed by atoms with van der Waals surface area (Å²) in [6, 6.07) is 5.56. The Balaban J connectivity index is 1.84. The first-order valence-corrected chi connectivity index (χ1v) is 9.40. The standard InChI is InChI=1S/C21H30N2O4/c1-15(2)11-21(25)23-9-7-17(8-10-23)22-20(24)6-5-16-12-18(26-3)14-19(13-16)27-4/h5-6,12-15,17H,7-11H2,1-4H3,(H,22,24)/b6-5+. The summed E-state index contributed by atoms with van der Waals surface area (Å²) in [5.74, 6) is 1.79. The molecule has 6 heteroatoms. The number of benzene rings is 1. The first-order valence-electron chi connectivity index (χ1n) is 9.40. The Hall–Kier alpha value is -2.50. The summed E-state index contributed by atoms with van der Waals surface area (Å²) in [4.78, 5) is 26.2. The molecule has 2 amide bonds. The van der Waals surface area contributed by atoms with Crippen LogP contribution >= 0.6 is 0 Å². The number of nitrogens with one attached hydrogen (secondary N) is 1. The maximum atomic E-state index is 12.2. The lowest BCUT2D eigenvalue weighted by molar-refractivity contribution is -0.133. The number of hydrogen-bond donors (Lipinski definition) is 1. The molecule has 1 fully saturated rings. The van der Waals surface area contributed by atoms with Gasteiger partial charge in [0.15, 0.2) is 0 Å². The van der Waals surface area contributed by atoms with Crippen LogP contribution in [0.25, 0.3) is 6.08 Å². The van der Waals surface area contributed by atoms with Crippen molar-refractivity contribution in [3.05, 3.63) is 29.8 Å². The van der Waals surface area contributed by atoms with Crippen molar-refractivity contribution in [1.29, 1.82) is 0 Å². The van der Waals surface area contributed by atoms with E-state index < -0.39 is 0 Å². The molecule has 0 unspecified atom stereocenters. The van der Waals surface area contributed by atoms with Crippen molar-refractivity contribution in [2.45, 2.75) is 39.2 Å². The van der Waals surface area contributed by atoms with Gasteiger partial charge in [0.1, 0.15) is 11.5 Å². The van der Waals surface area contributed by atoms with E-state index >= 15 is 0 Å². The van der Waals surface area contributed by atoms with E-state index in [1.165, 1.54) is 6.08 Å². The van der Waals surface area contributed by atoms with Crippen molar-refractivity contribution < 1.29 is 19.1 Å². The van der Waals surface area contributed by atoms with Crippen molar-refractivity contribution in [2.75, 3.05) is 27.3 Å². The molecule has 1 heterocycles. The normalized spacial score (nSPS) is 15.2. The van der Waals surface area contributed by atoms with Gasteiger partial charge in [0.2, 0.25) is 11.8 Å². The summed E-state index contributed by atoms with van der Waals surface area (Å²) < 4.78 is 10.5. The van der Waals surface area contributed by atoms with E-state index in [9.17, 15) is 9.59 Å². The van der Waals surface area contributed by atoms with Crippen LogP contribution < -0.4 is 14.8 Å². The fraction of sp³-hybridized carbons (Fsp3) is 0.524. The first-order chi connectivity index (χ1) is 12.9. The van der Waals surface area contributed by atoms with E-state index in [4.69, 9.17) is 9.47 Å². The number of likely N-dealkylation sites (tertiary alicyclic amines) is 1. The molecule has 6 nitrogen and oxygen atoms in total. The monoisotopic (exact) mass is 374 g/mol. The van der Waals surface area contributed by atoms with Gasteiger partial charge in [-0.2, -0.15) is 0 Å². The fourth-order valence-corrected chi connectivity index (χ4v) is 3.10. The molecule has 2 rings (SSSR count). The van der Waals surface area contributed by atoms with Gasteiger partial charge in [0, 0.05) is 37.7 Å². The predicted octanol–water partition coefficient (Wildman–Crippen LogP) is 2.87. The molecule has 1 N–H and O–H groups in total. The van der Waals surface area contributed by atoms with Gasteiger partial charge < -0.3 is 19.7 Å². The summed E-state index contributed by atoms with van der Waals surface area (Å²) in [5.41, 5.74) is 0.829. The van der Waals surface area contributed by atoms with Crippen LogP contribution in [-0.4, -0.2) is 50.1 Å². The molecule has 148 valence electrons. The molecular formula is C21H30N2O4. The largest absolute Gasteiger partial charge is 0.497 e. The van der Waals surface area contributed by atoms with Crippen molar-refractivity contribution in [3.63, 3.8) is 0 Å². The number of rotatable bonds is 7. The molecule has 0 aliphatic carbocycles. The number of hydrogen-bond acceptors (Lipinski definition) is 4. The van der Waals surface area contributed by atoms with Crippen molar-refractivity contribution >= 4 is 17.9 Å². The summed E-state index contributed by atoms with van der Waals surface area (Å²) in [6.07, 6.45) is 5.42. The lowest BCUT2D eigenvalue weighted by atomic mass is 10.0. The van der Waals surface area contributed by atoms with Crippen LogP contribution in [0.3, 0.4) is 0 Å². The number of nitrogens with zero attached hydrogens (tertiary/aromatic N) is 1. The minimum Gasteiger partial charge on any atom is -0.497 e. The van der Waals surface area contributed by atoms with E-state index in [0.717, 1.165) is 18.4 Å². The van der Waals surface area contributed by atoms with Crippen LogP contribution in [0, 0.1) is 5.92 Å². The highest BCUT2D eigenvalue weighted by molar-refractivity contribution is 5.92. The number of piperidine rings is 1. The van der Waals surface area contributed by atoms with E-state index in [-0.39, 0.29) is 17.9 Å². The molecular weight excluding hydrogens is 344 g/mol. The summed E-state index contributed by atoms with van der Waals surface area (Å²) >= 11 is 0. The molecule has 0 spiro atoms. The molecule has 0 radical (unpaired) electrons. The quantitative estimate of drug-likeness (QED) is 0.745. The number of amides is 2. The van der Waals surface area contributed by atoms with Gasteiger partial charge in [0.25, 0.3) is 0 Å². The number of carbonyl (C=O) groups is 2. The fourth-order valence-electron chi connectivity index (χ4n) is 3.10. The Morgan fingerprint density at radius 3 is 2.26 bits per heavy atom. The highest BCUT2D eigenvalue weighted by Crippen LogP contribution is 2.23. The molecule has 0 bridgehead atoms. The molecule has 1 aliphatic rings. The zero-order valence-corrected chi connectivity index (χ0v) is 16.7. The zero-order chi connectivity index (χ0) is 19.8. The molecule has 0 atom stereocenters. The van der Waals surface area contributed by atoms with E-state index in [1.807, 2.05) is 17.0 Å². The van der Waals surface area contributed by atoms with Crippen LogP contribution in [-0.2, 0) is 9.59 Å². The first kappa shape index (κ1) is 20.8. The van der Waals surface area contributed by atoms with E-state index in [2.05, 4.69) is 19.2 Å². The third-order valence-electron chi connectivity index (χ3n) is 4.58. The number of carbonyl (C=O) groups excluding carboxylic acids is 2. The van der Waals surface area contributed by atoms with Crippen LogP contribution in [0.5, 0.6) is 11.5 Å². The van der Waals surface area contributed by atoms with Gasteiger partial charge in [0.05, 0.1) is 14.2 Å². The van der Waals surface area contributed by atoms with E-state index in [0.29, 0.717) is 36.9 Å². The zero-order valence-electron chi connectivity index (χ0n) is 16.7. The van der Waals surface area contributed by atoms with Gasteiger partial charge >= 0.3 is 0 Å². The molecule has 0 aromatic heterocycles. The van der Waals surface area contributed by atoms with Crippen molar-refractivity contribution in [1.82, 2.24) is 10.2 Å². The van der Waals surface area contributed by atoms with Gasteiger partial charge in [-0.1, -0.05) is 13.8 Å². The molecule has 27 heavy (non-hydrogen) atoms. The Morgan fingerprint density at radius 1 is 1.15 bits per heavy atom. The molecule has 1 aromatic rings. The number of methoxy groups -OCH3 is 2. The summed E-state index contributed by atoms with van der Waals surface area (Å²) in [6.45, 7) is 5.50. The van der Waals surface area contributed by atoms with Crippen LogP contribution in [0.4, 0.5) is 0 Å². The topological polar surface area (TPSA) is 67.9 Å². The minimum atomic E-state index is -0.135. The predicted molar refractivity (Wildman–Crippen MR) is 106 cm³/mol. The average molecular weight is 374 g/mol. The van der Waals surface area contributed by atoms with Crippen molar-refractivity contribution in [3.8, 4) is 11.5 Å². The maximum absolute atomic E-state index is 12.2. The van der Waals surface area contributed by atoms with Crippen molar-refractivity contribution in [2.24, 2.45) is 5.92 Å². The van der Waals surface area contributed by atoms with Crippen LogP contribution in [0.2, 0.25) is 0 Å². The second-order valence-electron chi connectivity index (χ2n) is 7.24. The van der Waals surface area contributed by atoms with Crippen LogP contribution in [0.1, 0.15) is 38.7 Å². The number of ether oxygens (including phenoxy) is 2. The van der Waals surface area contributed by atoms with E-state index in [1.54, 1.807) is 26.4 Å². The lowest BCUT2D eigenvalue weighted by Gasteiger charge is -2.32. The average Bonchev–Trinajstić information content (AvgIpc) is 2.66. The van der Waals surface area contributed by atoms with Gasteiger partial charge in [-0.3, -0.25) is 9.59 Å².